The highest BCUT2D eigenvalue weighted by Gasteiger charge is 2.47. The fraction of sp³-hybridized carbons (Fsp3) is 0.464. The lowest BCUT2D eigenvalue weighted by molar-refractivity contribution is -0.156. The molecule has 3 unspecified atom stereocenters. The van der Waals surface area contributed by atoms with E-state index in [0.29, 0.717) is 19.4 Å². The molecule has 3 atom stereocenters. The van der Waals surface area contributed by atoms with Gasteiger partial charge in [-0.3, -0.25) is 4.79 Å². The van der Waals surface area contributed by atoms with Crippen LogP contribution in [0.2, 0.25) is 0 Å². The zero-order valence-electron chi connectivity index (χ0n) is 20.6. The number of amides is 2. The number of carboxylic acids is 1. The maximum absolute atomic E-state index is 13.5. The molecule has 2 amide bonds. The summed E-state index contributed by atoms with van der Waals surface area (Å²) in [5.41, 5.74) is 3.72. The van der Waals surface area contributed by atoms with Gasteiger partial charge in [-0.1, -0.05) is 61.4 Å². The van der Waals surface area contributed by atoms with Gasteiger partial charge in [-0.2, -0.15) is 0 Å². The van der Waals surface area contributed by atoms with Gasteiger partial charge in [-0.15, -0.1) is 0 Å². The average molecular weight is 479 g/mol. The van der Waals surface area contributed by atoms with Gasteiger partial charge in [-0.25, -0.2) is 9.59 Å². The van der Waals surface area contributed by atoms with Crippen LogP contribution in [0.1, 0.15) is 63.5 Å². The van der Waals surface area contributed by atoms with E-state index < -0.39 is 29.6 Å². The third kappa shape index (κ3) is 4.64. The number of hydrogen-bond acceptors (Lipinski definition) is 4. The summed E-state index contributed by atoms with van der Waals surface area (Å²) in [7, 11) is 0. The Morgan fingerprint density at radius 2 is 1.69 bits per heavy atom. The van der Waals surface area contributed by atoms with Gasteiger partial charge in [0.2, 0.25) is 5.91 Å². The van der Waals surface area contributed by atoms with E-state index >= 15 is 0 Å². The van der Waals surface area contributed by atoms with E-state index in [1.807, 2.05) is 31.2 Å². The van der Waals surface area contributed by atoms with E-state index in [9.17, 15) is 19.5 Å². The molecule has 2 aromatic rings. The fourth-order valence-electron chi connectivity index (χ4n) is 5.66. The molecular formula is C28H34N2O5. The molecule has 1 saturated carbocycles. The van der Waals surface area contributed by atoms with Gasteiger partial charge in [0.05, 0.1) is 5.41 Å². The minimum absolute atomic E-state index is 0.0421. The third-order valence-corrected chi connectivity index (χ3v) is 7.76. The van der Waals surface area contributed by atoms with E-state index in [-0.39, 0.29) is 18.4 Å². The first-order chi connectivity index (χ1) is 16.8. The van der Waals surface area contributed by atoms with E-state index in [2.05, 4.69) is 29.6 Å². The summed E-state index contributed by atoms with van der Waals surface area (Å²) in [5.74, 6) is -1.32. The summed E-state index contributed by atoms with van der Waals surface area (Å²) < 4.78 is 5.72. The van der Waals surface area contributed by atoms with E-state index in [1.54, 1.807) is 6.92 Å². The minimum atomic E-state index is -1.04. The Hall–Kier alpha value is -3.35. The number of nitrogens with zero attached hydrogens (tertiary/aromatic N) is 1. The van der Waals surface area contributed by atoms with Gasteiger partial charge in [0.25, 0.3) is 0 Å². The first-order valence-electron chi connectivity index (χ1n) is 12.4. The van der Waals surface area contributed by atoms with Gasteiger partial charge >= 0.3 is 12.1 Å². The number of nitrogens with one attached hydrogen (secondary N) is 1. The number of carboxylic acid groups (broad SMARTS) is 1. The van der Waals surface area contributed by atoms with E-state index in [0.717, 1.165) is 35.1 Å². The molecule has 0 saturated heterocycles. The molecule has 4 rings (SSSR count). The molecule has 0 aliphatic heterocycles. The first-order valence-corrected chi connectivity index (χ1v) is 12.4. The SMILES string of the molecule is CCN(C(=O)C1(C)CCCCC1NC(=O)OCC1c2ccccc2-c2ccccc21)C(C)C(=O)O. The summed E-state index contributed by atoms with van der Waals surface area (Å²) in [6.07, 6.45) is 2.42. The van der Waals surface area contributed by atoms with Crippen LogP contribution in [0.5, 0.6) is 0 Å². The zero-order valence-corrected chi connectivity index (χ0v) is 20.6. The summed E-state index contributed by atoms with van der Waals surface area (Å²) >= 11 is 0. The highest BCUT2D eigenvalue weighted by atomic mass is 16.5. The molecule has 7 heteroatoms. The Kier molecular flexibility index (Phi) is 7.15. The van der Waals surface area contributed by atoms with Crippen LogP contribution in [0, 0.1) is 5.41 Å². The van der Waals surface area contributed by atoms with E-state index in [4.69, 9.17) is 4.74 Å². The Bertz CT molecular complexity index is 1070. The molecule has 2 aliphatic carbocycles. The highest BCUT2D eigenvalue weighted by Crippen LogP contribution is 2.44. The van der Waals surface area contributed by atoms with Crippen molar-refractivity contribution in [3.8, 4) is 11.1 Å². The Labute approximate surface area is 206 Å². The predicted molar refractivity (Wildman–Crippen MR) is 133 cm³/mol. The van der Waals surface area contributed by atoms with Crippen LogP contribution in [-0.4, -0.2) is 53.2 Å². The molecule has 0 radical (unpaired) electrons. The highest BCUT2D eigenvalue weighted by molar-refractivity contribution is 5.88. The standard InChI is InChI=1S/C28H34N2O5/c1-4-30(18(2)25(31)32)26(33)28(3)16-10-9-15-24(28)29-27(34)35-17-23-21-13-7-5-11-19(21)20-12-6-8-14-22(20)23/h5-8,11-14,18,23-24H,4,9-10,15-17H2,1-3H3,(H,29,34)(H,31,32). The van der Waals surface area contributed by atoms with Gasteiger partial charge in [-0.05, 0) is 55.9 Å². The van der Waals surface area contributed by atoms with E-state index in [1.165, 1.54) is 11.8 Å². The van der Waals surface area contributed by atoms with Gasteiger partial charge in [0.15, 0.2) is 0 Å². The van der Waals surface area contributed by atoms with Crippen molar-refractivity contribution in [2.75, 3.05) is 13.2 Å². The second-order valence-corrected chi connectivity index (χ2v) is 9.79. The van der Waals surface area contributed by atoms with Crippen LogP contribution >= 0.6 is 0 Å². The van der Waals surface area contributed by atoms with Crippen LogP contribution in [0.4, 0.5) is 4.79 Å². The minimum Gasteiger partial charge on any atom is -0.480 e. The van der Waals surface area contributed by atoms with Crippen molar-refractivity contribution in [1.29, 1.82) is 0 Å². The molecule has 35 heavy (non-hydrogen) atoms. The maximum Gasteiger partial charge on any atom is 0.407 e. The molecule has 2 aromatic carbocycles. The molecule has 0 aromatic heterocycles. The lowest BCUT2D eigenvalue weighted by Gasteiger charge is -2.43. The van der Waals surface area contributed by atoms with Gasteiger partial charge in [0, 0.05) is 18.5 Å². The van der Waals surface area contributed by atoms with Gasteiger partial charge in [0.1, 0.15) is 12.6 Å². The van der Waals surface area contributed by atoms with Crippen LogP contribution in [0.25, 0.3) is 11.1 Å². The number of carbonyl (C=O) groups excluding carboxylic acids is 2. The molecule has 2 N–H and O–H groups in total. The Balaban J connectivity index is 1.46. The number of ether oxygens (including phenoxy) is 1. The Morgan fingerprint density at radius 1 is 1.09 bits per heavy atom. The topological polar surface area (TPSA) is 95.9 Å². The number of fused-ring (bicyclic) bond motifs is 3. The van der Waals surface area contributed by atoms with Crippen molar-refractivity contribution in [3.05, 3.63) is 59.7 Å². The maximum atomic E-state index is 13.5. The van der Waals surface area contributed by atoms with Crippen LogP contribution in [-0.2, 0) is 14.3 Å². The van der Waals surface area contributed by atoms with Crippen molar-refractivity contribution in [2.24, 2.45) is 5.41 Å². The molecule has 0 heterocycles. The largest absolute Gasteiger partial charge is 0.480 e. The molecule has 0 spiro atoms. The number of benzene rings is 2. The van der Waals surface area contributed by atoms with Gasteiger partial charge < -0.3 is 20.1 Å². The molecule has 1 fully saturated rings. The fourth-order valence-corrected chi connectivity index (χ4v) is 5.66. The predicted octanol–water partition coefficient (Wildman–Crippen LogP) is 4.80. The smallest absolute Gasteiger partial charge is 0.407 e. The molecule has 186 valence electrons. The third-order valence-electron chi connectivity index (χ3n) is 7.76. The molecule has 2 aliphatic rings. The second kappa shape index (κ2) is 10.1. The van der Waals surface area contributed by atoms with Crippen molar-refractivity contribution in [2.45, 2.75) is 64.5 Å². The van der Waals surface area contributed by atoms with Crippen molar-refractivity contribution in [3.63, 3.8) is 0 Å². The number of carbonyl (C=O) groups is 3. The number of rotatable bonds is 7. The summed E-state index contributed by atoms with van der Waals surface area (Å²) in [4.78, 5) is 39.4. The summed E-state index contributed by atoms with van der Waals surface area (Å²) in [6, 6.07) is 15.0. The molecule has 7 nitrogen and oxygen atoms in total. The second-order valence-electron chi connectivity index (χ2n) is 9.79. The van der Waals surface area contributed by atoms with Crippen molar-refractivity contribution in [1.82, 2.24) is 10.2 Å². The number of aliphatic carboxylic acids is 1. The number of likely N-dealkylation sites (N-methyl/N-ethyl adjacent to an activating group) is 1. The summed E-state index contributed by atoms with van der Waals surface area (Å²) in [5, 5.41) is 12.4. The van der Waals surface area contributed by atoms with Crippen LogP contribution < -0.4 is 5.32 Å². The first kappa shape index (κ1) is 24.8. The molecule has 0 bridgehead atoms. The normalized spacial score (nSPS) is 22.0. The molecular weight excluding hydrogens is 444 g/mol. The number of hydrogen-bond donors (Lipinski definition) is 2. The number of alkyl carbamates (subject to hydrolysis) is 1. The zero-order chi connectivity index (χ0) is 25.2. The lowest BCUT2D eigenvalue weighted by Crippen LogP contribution is -2.58. The van der Waals surface area contributed by atoms with Crippen molar-refractivity contribution >= 4 is 18.0 Å². The van der Waals surface area contributed by atoms with Crippen LogP contribution in [0.15, 0.2) is 48.5 Å². The Morgan fingerprint density at radius 3 is 2.26 bits per heavy atom. The van der Waals surface area contributed by atoms with Crippen LogP contribution in [0.3, 0.4) is 0 Å². The summed E-state index contributed by atoms with van der Waals surface area (Å²) in [6.45, 7) is 5.62. The quantitative estimate of drug-likeness (QED) is 0.596. The average Bonchev–Trinajstić information content (AvgIpc) is 3.18. The lowest BCUT2D eigenvalue weighted by atomic mass is 9.70. The van der Waals surface area contributed by atoms with Crippen molar-refractivity contribution < 1.29 is 24.2 Å². The monoisotopic (exact) mass is 478 g/mol.